The Bertz CT molecular complexity index is 858. The first-order valence-electron chi connectivity index (χ1n) is 19.4. The van der Waals surface area contributed by atoms with E-state index in [2.05, 4.69) is 84.2 Å². The second-order valence-electron chi connectivity index (χ2n) is 15.1. The molecule has 1 rings (SSSR count). The second kappa shape index (κ2) is 29.9. The first kappa shape index (κ1) is 58.8. The van der Waals surface area contributed by atoms with E-state index in [1.807, 2.05) is 69.2 Å². The standard InChI is InChI=1S/C26H51N2O2.C11H21NO.2C2H6.CH3.K/c1-13-16-26(24(30)20(4)5,28(12)22(8)9)18-15-14-17-25(10,23(29)19(2)3)27(11)21(6)7;1-8(2)11(13)10-6-5-7-12(10)9(3)4;2*1-2;;/h19-22H,1,13-18H2,2-12H3;8-10H,5-7H2,1-4H3;2*1-2H3;1H3;/q-1;;;;-1;+1. The maximum atomic E-state index is 13.4. The molecule has 0 aromatic heterocycles. The molecule has 1 aliphatic rings. The van der Waals surface area contributed by atoms with E-state index in [-0.39, 0.29) is 82.6 Å². The molecule has 0 saturated carbocycles. The van der Waals surface area contributed by atoms with Crippen molar-refractivity contribution in [3.05, 3.63) is 14.4 Å². The minimum Gasteiger partial charge on any atom is -0.358 e. The van der Waals surface area contributed by atoms with Crippen LogP contribution >= 0.6 is 0 Å². The van der Waals surface area contributed by atoms with Crippen LogP contribution < -0.4 is 51.4 Å². The summed E-state index contributed by atoms with van der Waals surface area (Å²) in [6.07, 6.45) is 7.29. The van der Waals surface area contributed by atoms with Gasteiger partial charge in [-0.2, -0.15) is 6.42 Å². The van der Waals surface area contributed by atoms with E-state index in [9.17, 15) is 14.4 Å². The summed E-state index contributed by atoms with van der Waals surface area (Å²) >= 11 is 0. The van der Waals surface area contributed by atoms with Gasteiger partial charge in [-0.15, -0.1) is 0 Å². The number of hydrogen-bond acceptors (Lipinski definition) is 6. The first-order chi connectivity index (χ1) is 21.7. The summed E-state index contributed by atoms with van der Waals surface area (Å²) in [6, 6.07) is 1.31. The van der Waals surface area contributed by atoms with Crippen LogP contribution in [0.1, 0.15) is 169 Å². The van der Waals surface area contributed by atoms with Gasteiger partial charge in [0.05, 0.1) is 17.1 Å². The van der Waals surface area contributed by atoms with Crippen molar-refractivity contribution in [2.75, 3.05) is 20.6 Å². The van der Waals surface area contributed by atoms with Crippen molar-refractivity contribution in [2.24, 2.45) is 17.8 Å². The monoisotopic (exact) mass is 721 g/mol. The summed E-state index contributed by atoms with van der Waals surface area (Å²) in [4.78, 5) is 45.1. The van der Waals surface area contributed by atoms with Crippen molar-refractivity contribution in [3.63, 3.8) is 0 Å². The number of nitrogens with zero attached hydrogens (tertiary/aromatic N) is 3. The molecule has 3 atom stereocenters. The molecule has 0 amide bonds. The molecule has 7 heteroatoms. The van der Waals surface area contributed by atoms with Crippen molar-refractivity contribution >= 4 is 17.3 Å². The Balaban J connectivity index is -0.000000283. The van der Waals surface area contributed by atoms with E-state index >= 15 is 0 Å². The van der Waals surface area contributed by atoms with Gasteiger partial charge in [-0.05, 0) is 94.8 Å². The Kier molecular flexibility index (Phi) is 35.9. The van der Waals surface area contributed by atoms with Crippen molar-refractivity contribution in [3.8, 4) is 0 Å². The fraction of sp³-hybridized carbons (Fsp3) is 0.881. The number of carbonyl (C=O) groups excluding carboxylic acids is 3. The summed E-state index contributed by atoms with van der Waals surface area (Å²) in [5, 5.41) is 0. The molecule has 290 valence electrons. The summed E-state index contributed by atoms with van der Waals surface area (Å²) in [5.74, 6) is 1.24. The third-order valence-electron chi connectivity index (χ3n) is 9.99. The van der Waals surface area contributed by atoms with Crippen molar-refractivity contribution in [1.82, 2.24) is 14.7 Å². The molecule has 0 aromatic carbocycles. The quantitative estimate of drug-likeness (QED) is 0.0837. The van der Waals surface area contributed by atoms with Gasteiger partial charge in [0, 0.05) is 35.9 Å². The van der Waals surface area contributed by atoms with Gasteiger partial charge in [0.25, 0.3) is 0 Å². The fourth-order valence-electron chi connectivity index (χ4n) is 6.87. The minimum atomic E-state index is -0.469. The van der Waals surface area contributed by atoms with Crippen LogP contribution in [0.4, 0.5) is 0 Å². The largest absolute Gasteiger partial charge is 1.00 e. The smallest absolute Gasteiger partial charge is 0.358 e. The number of rotatable bonds is 18. The number of likely N-dealkylation sites (N-methyl/N-ethyl adjacent to an activating group) is 2. The molecular weight excluding hydrogens is 634 g/mol. The number of hydrogen-bond donors (Lipinski definition) is 0. The molecule has 0 aromatic rings. The molecule has 49 heavy (non-hydrogen) atoms. The molecule has 1 heterocycles. The van der Waals surface area contributed by atoms with Crippen LogP contribution in [-0.2, 0) is 14.4 Å². The molecule has 0 radical (unpaired) electrons. The second-order valence-corrected chi connectivity index (χ2v) is 15.1. The summed E-state index contributed by atoms with van der Waals surface area (Å²) in [6.45, 7) is 40.2. The van der Waals surface area contributed by atoms with Crippen LogP contribution in [0.3, 0.4) is 0 Å². The molecule has 0 spiro atoms. The zero-order valence-electron chi connectivity index (χ0n) is 37.2. The third kappa shape index (κ3) is 18.4. The third-order valence-corrected chi connectivity index (χ3v) is 9.99. The van der Waals surface area contributed by atoms with Gasteiger partial charge in [-0.25, -0.2) is 0 Å². The Morgan fingerprint density at radius 2 is 1.14 bits per heavy atom. The van der Waals surface area contributed by atoms with Crippen LogP contribution in [0.25, 0.3) is 0 Å². The van der Waals surface area contributed by atoms with Gasteiger partial charge >= 0.3 is 51.4 Å². The summed E-state index contributed by atoms with van der Waals surface area (Å²) < 4.78 is 0. The van der Waals surface area contributed by atoms with Gasteiger partial charge < -0.3 is 14.4 Å². The predicted octanol–water partition coefficient (Wildman–Crippen LogP) is 7.38. The van der Waals surface area contributed by atoms with Gasteiger partial charge in [0.1, 0.15) is 0 Å². The van der Waals surface area contributed by atoms with Crippen molar-refractivity contribution in [1.29, 1.82) is 0 Å². The van der Waals surface area contributed by atoms with E-state index in [1.165, 1.54) is 6.42 Å². The average molecular weight is 721 g/mol. The SMILES string of the molecule is CC.CC.CC(C)C(=O)C1CCCN1C(C)C.[CH2-]CCC(CCCCC(C)(C(=O)C(C)C)N(C)C(C)C)(C(=O)C(C)C)N(C)C(C)C.[CH3-].[K+]. The Morgan fingerprint density at radius 1 is 0.714 bits per heavy atom. The van der Waals surface area contributed by atoms with Crippen molar-refractivity contribution in [2.45, 2.75) is 204 Å². The maximum absolute atomic E-state index is 13.4. The van der Waals surface area contributed by atoms with Crippen LogP contribution in [0.2, 0.25) is 0 Å². The molecule has 1 fully saturated rings. The molecule has 1 aliphatic heterocycles. The van der Waals surface area contributed by atoms with Crippen molar-refractivity contribution < 1.29 is 65.8 Å². The van der Waals surface area contributed by atoms with Crippen LogP contribution in [0, 0.1) is 32.1 Å². The molecule has 0 N–H and O–H groups in total. The Hall–Kier alpha value is 0.526. The molecule has 6 nitrogen and oxygen atoms in total. The first-order valence-corrected chi connectivity index (χ1v) is 19.4. The number of ketones is 3. The normalized spacial score (nSPS) is 17.0. The zero-order chi connectivity index (χ0) is 37.9. The van der Waals surface area contributed by atoms with Gasteiger partial charge in [-0.1, -0.05) is 88.5 Å². The summed E-state index contributed by atoms with van der Waals surface area (Å²) in [5.41, 5.74) is -0.935. The summed E-state index contributed by atoms with van der Waals surface area (Å²) in [7, 11) is 4.15. The maximum Gasteiger partial charge on any atom is 1.00 e. The molecular formula is C42H87KN3O3-. The van der Waals surface area contributed by atoms with Gasteiger partial charge in [-0.3, -0.25) is 29.1 Å². The number of likely N-dealkylation sites (tertiary alicyclic amines) is 1. The van der Waals surface area contributed by atoms with E-state index in [1.54, 1.807) is 0 Å². The molecule has 0 bridgehead atoms. The molecule has 0 aliphatic carbocycles. The van der Waals surface area contributed by atoms with Crippen LogP contribution in [-0.4, -0.2) is 87.9 Å². The molecule has 3 unspecified atom stereocenters. The van der Waals surface area contributed by atoms with Gasteiger partial charge in [0.2, 0.25) is 0 Å². The van der Waals surface area contributed by atoms with Crippen LogP contribution in [0.5, 0.6) is 0 Å². The van der Waals surface area contributed by atoms with Crippen LogP contribution in [0.15, 0.2) is 0 Å². The Labute approximate surface area is 351 Å². The average Bonchev–Trinajstić information content (AvgIpc) is 3.53. The topological polar surface area (TPSA) is 60.9 Å². The number of unbranched alkanes of at least 4 members (excludes halogenated alkanes) is 1. The van der Waals surface area contributed by atoms with E-state index in [0.717, 1.165) is 51.5 Å². The predicted molar refractivity (Wildman–Crippen MR) is 214 cm³/mol. The van der Waals surface area contributed by atoms with E-state index in [4.69, 9.17) is 0 Å². The zero-order valence-corrected chi connectivity index (χ0v) is 40.3. The minimum absolute atomic E-state index is 0. The van der Waals surface area contributed by atoms with E-state index < -0.39 is 11.1 Å². The molecule has 1 saturated heterocycles. The van der Waals surface area contributed by atoms with Gasteiger partial charge in [0.15, 0.2) is 17.3 Å². The number of Topliss-reactive ketones (excluding diaryl/α,β-unsaturated/α-hetero) is 3. The van der Waals surface area contributed by atoms with E-state index in [0.29, 0.717) is 35.5 Å². The Morgan fingerprint density at radius 3 is 1.49 bits per heavy atom. The number of carbonyl (C=O) groups is 3. The fourth-order valence-corrected chi connectivity index (χ4v) is 6.87.